The number of hydrogen-bond donors (Lipinski definition) is 0. The summed E-state index contributed by atoms with van der Waals surface area (Å²) in [5.41, 5.74) is 2.94. The number of likely N-dealkylation sites (tertiary alicyclic amines) is 1. The molecule has 0 aromatic heterocycles. The smallest absolute Gasteiger partial charge is 0.343 e. The highest BCUT2D eigenvalue weighted by atomic mass is 16.5. The molecule has 2 aromatic rings. The number of rotatable bonds is 8. The van der Waals surface area contributed by atoms with Crippen molar-refractivity contribution in [2.24, 2.45) is 5.92 Å². The van der Waals surface area contributed by atoms with Gasteiger partial charge in [0.2, 0.25) is 0 Å². The van der Waals surface area contributed by atoms with Gasteiger partial charge < -0.3 is 9.64 Å². The molecule has 3 rings (SSSR count). The first-order valence-electron chi connectivity index (χ1n) is 11.5. The molecule has 3 heteroatoms. The van der Waals surface area contributed by atoms with Crippen molar-refractivity contribution in [3.63, 3.8) is 0 Å². The van der Waals surface area contributed by atoms with Crippen LogP contribution in [0.15, 0.2) is 48.5 Å². The van der Waals surface area contributed by atoms with Crippen molar-refractivity contribution in [3.05, 3.63) is 65.2 Å². The van der Waals surface area contributed by atoms with E-state index in [4.69, 9.17) is 4.74 Å². The Hall–Kier alpha value is -2.13. The van der Waals surface area contributed by atoms with E-state index in [0.717, 1.165) is 25.1 Å². The fourth-order valence-electron chi connectivity index (χ4n) is 4.59. The van der Waals surface area contributed by atoms with Crippen molar-refractivity contribution in [3.8, 4) is 5.75 Å². The molecule has 0 amide bonds. The van der Waals surface area contributed by atoms with E-state index < -0.39 is 0 Å². The molecule has 0 spiro atoms. The molecule has 1 saturated heterocycles. The van der Waals surface area contributed by atoms with E-state index in [-0.39, 0.29) is 11.4 Å². The third-order valence-electron chi connectivity index (χ3n) is 6.96. The highest BCUT2D eigenvalue weighted by Crippen LogP contribution is 2.40. The summed E-state index contributed by atoms with van der Waals surface area (Å²) < 4.78 is 5.74. The summed E-state index contributed by atoms with van der Waals surface area (Å²) >= 11 is 0. The average molecular weight is 408 g/mol. The van der Waals surface area contributed by atoms with E-state index >= 15 is 0 Å². The van der Waals surface area contributed by atoms with Crippen molar-refractivity contribution in [1.82, 2.24) is 4.90 Å². The lowest BCUT2D eigenvalue weighted by atomic mass is 9.68. The Morgan fingerprint density at radius 1 is 1.13 bits per heavy atom. The van der Waals surface area contributed by atoms with Gasteiger partial charge in [-0.3, -0.25) is 0 Å². The Morgan fingerprint density at radius 3 is 2.67 bits per heavy atom. The lowest BCUT2D eigenvalue weighted by Gasteiger charge is -2.45. The first kappa shape index (κ1) is 22.6. The fraction of sp³-hybridized carbons (Fsp3) is 0.519. The number of nitrogens with zero attached hydrogens (tertiary/aromatic N) is 1. The van der Waals surface area contributed by atoms with Gasteiger partial charge in [-0.15, -0.1) is 0 Å². The highest BCUT2D eigenvalue weighted by Gasteiger charge is 2.38. The Labute approximate surface area is 182 Å². The molecule has 0 aliphatic carbocycles. The zero-order valence-corrected chi connectivity index (χ0v) is 19.1. The Kier molecular flexibility index (Phi) is 7.71. The summed E-state index contributed by atoms with van der Waals surface area (Å²) in [6.07, 6.45) is 6.42. The lowest BCUT2D eigenvalue weighted by molar-refractivity contribution is 0.0732. The lowest BCUT2D eigenvalue weighted by Crippen LogP contribution is -2.47. The molecule has 2 aromatic carbocycles. The van der Waals surface area contributed by atoms with E-state index in [9.17, 15) is 4.79 Å². The predicted molar refractivity (Wildman–Crippen MR) is 124 cm³/mol. The molecule has 3 nitrogen and oxygen atoms in total. The number of hydrogen-bond acceptors (Lipinski definition) is 3. The van der Waals surface area contributed by atoms with Crippen LogP contribution in [0.3, 0.4) is 0 Å². The third kappa shape index (κ3) is 5.31. The van der Waals surface area contributed by atoms with Crippen LogP contribution in [-0.2, 0) is 5.41 Å². The minimum Gasteiger partial charge on any atom is -0.423 e. The van der Waals surface area contributed by atoms with E-state index in [1.54, 1.807) is 0 Å². The van der Waals surface area contributed by atoms with Crippen LogP contribution in [0.2, 0.25) is 0 Å². The van der Waals surface area contributed by atoms with Crippen molar-refractivity contribution in [2.45, 2.75) is 65.2 Å². The number of piperidine rings is 1. The summed E-state index contributed by atoms with van der Waals surface area (Å²) in [7, 11) is 0. The summed E-state index contributed by atoms with van der Waals surface area (Å²) in [6.45, 7) is 12.4. The van der Waals surface area contributed by atoms with Crippen LogP contribution in [0.25, 0.3) is 0 Å². The number of unbranched alkanes of at least 4 members (excludes halogenated alkanes) is 3. The summed E-state index contributed by atoms with van der Waals surface area (Å²) in [4.78, 5) is 15.3. The van der Waals surface area contributed by atoms with Crippen LogP contribution in [0.4, 0.5) is 0 Å². The van der Waals surface area contributed by atoms with Gasteiger partial charge >= 0.3 is 5.97 Å². The van der Waals surface area contributed by atoms with E-state index in [1.165, 1.54) is 37.8 Å². The molecule has 2 atom stereocenters. The van der Waals surface area contributed by atoms with Crippen molar-refractivity contribution >= 4 is 5.97 Å². The van der Waals surface area contributed by atoms with Gasteiger partial charge in [-0.2, -0.15) is 0 Å². The molecular weight excluding hydrogens is 370 g/mol. The van der Waals surface area contributed by atoms with Crippen molar-refractivity contribution < 1.29 is 9.53 Å². The topological polar surface area (TPSA) is 29.5 Å². The Bertz CT molecular complexity index is 846. The van der Waals surface area contributed by atoms with Crippen molar-refractivity contribution in [2.75, 3.05) is 19.6 Å². The first-order chi connectivity index (χ1) is 14.4. The third-order valence-corrected chi connectivity index (χ3v) is 6.96. The zero-order chi connectivity index (χ0) is 21.6. The van der Waals surface area contributed by atoms with E-state index in [1.807, 2.05) is 43.3 Å². The molecule has 0 N–H and O–H groups in total. The molecule has 1 fully saturated rings. The van der Waals surface area contributed by atoms with E-state index in [0.29, 0.717) is 17.2 Å². The minimum atomic E-state index is -0.287. The molecule has 1 aliphatic rings. The zero-order valence-electron chi connectivity index (χ0n) is 19.1. The fourth-order valence-corrected chi connectivity index (χ4v) is 4.59. The van der Waals surface area contributed by atoms with Gasteiger partial charge in [0.1, 0.15) is 5.75 Å². The number of aryl methyl sites for hydroxylation is 1. The second kappa shape index (κ2) is 10.3. The molecule has 30 heavy (non-hydrogen) atoms. The van der Waals surface area contributed by atoms with Gasteiger partial charge in [0.25, 0.3) is 0 Å². The number of carbonyl (C=O) groups is 1. The summed E-state index contributed by atoms with van der Waals surface area (Å²) in [5, 5.41) is 0. The molecular formula is C27H37NO2. The molecule has 162 valence electrons. The normalized spacial score (nSPS) is 22.1. The monoisotopic (exact) mass is 407 g/mol. The molecule has 1 aliphatic heterocycles. The molecule has 0 bridgehead atoms. The van der Waals surface area contributed by atoms with Gasteiger partial charge in [0, 0.05) is 6.54 Å². The van der Waals surface area contributed by atoms with Crippen LogP contribution in [0.1, 0.15) is 74.4 Å². The van der Waals surface area contributed by atoms with Gasteiger partial charge in [-0.05, 0) is 73.5 Å². The van der Waals surface area contributed by atoms with Gasteiger partial charge in [-0.25, -0.2) is 4.79 Å². The first-order valence-corrected chi connectivity index (χ1v) is 11.5. The predicted octanol–water partition coefficient (Wildman–Crippen LogP) is 6.39. The molecule has 0 saturated carbocycles. The van der Waals surface area contributed by atoms with Crippen LogP contribution < -0.4 is 4.74 Å². The minimum absolute atomic E-state index is 0.102. The summed E-state index contributed by atoms with van der Waals surface area (Å²) in [5.74, 6) is 0.904. The van der Waals surface area contributed by atoms with Crippen LogP contribution in [-0.4, -0.2) is 30.5 Å². The second-order valence-electron chi connectivity index (χ2n) is 9.16. The molecule has 2 unspecified atom stereocenters. The SMILES string of the molecule is CCCCCCN1CCC(C)(c2cccc(OC(=O)c3ccccc3C)c2)C(C)C1. The van der Waals surface area contributed by atoms with Crippen LogP contribution in [0.5, 0.6) is 5.75 Å². The van der Waals surface area contributed by atoms with E-state index in [2.05, 4.69) is 37.8 Å². The second-order valence-corrected chi connectivity index (χ2v) is 9.16. The maximum atomic E-state index is 12.6. The summed E-state index contributed by atoms with van der Waals surface area (Å²) in [6, 6.07) is 15.7. The maximum Gasteiger partial charge on any atom is 0.343 e. The highest BCUT2D eigenvalue weighted by molar-refractivity contribution is 5.92. The Balaban J connectivity index is 1.66. The van der Waals surface area contributed by atoms with Gasteiger partial charge in [0.15, 0.2) is 0 Å². The molecule has 1 heterocycles. The van der Waals surface area contributed by atoms with Crippen molar-refractivity contribution in [1.29, 1.82) is 0 Å². The number of esters is 1. The van der Waals surface area contributed by atoms with Crippen LogP contribution >= 0.6 is 0 Å². The maximum absolute atomic E-state index is 12.6. The number of benzene rings is 2. The van der Waals surface area contributed by atoms with Gasteiger partial charge in [-0.1, -0.05) is 70.4 Å². The largest absolute Gasteiger partial charge is 0.423 e. The quantitative estimate of drug-likeness (QED) is 0.288. The van der Waals surface area contributed by atoms with Crippen LogP contribution in [0, 0.1) is 12.8 Å². The van der Waals surface area contributed by atoms with Gasteiger partial charge in [0.05, 0.1) is 5.56 Å². The number of ether oxygens (including phenoxy) is 1. The standard InChI is InChI=1S/C27H37NO2/c1-5-6-7-10-17-28-18-16-27(4,22(3)20-28)23-13-11-14-24(19-23)30-26(29)25-15-9-8-12-21(25)2/h8-9,11-15,19,22H,5-7,10,16-18,20H2,1-4H3. The number of carbonyl (C=O) groups excluding carboxylic acids is 1. The molecule has 0 radical (unpaired) electrons. The Morgan fingerprint density at radius 2 is 1.93 bits per heavy atom. The average Bonchev–Trinajstić information content (AvgIpc) is 2.74.